The van der Waals surface area contributed by atoms with Gasteiger partial charge in [0.25, 0.3) is 0 Å². The Morgan fingerprint density at radius 2 is 2.41 bits per heavy atom. The Balaban J connectivity index is 1.86. The molecule has 0 amide bonds. The number of carboxylic acids is 1. The Hall–Kier alpha value is -2.22. The first-order valence-corrected chi connectivity index (χ1v) is 4.89. The highest BCUT2D eigenvalue weighted by Gasteiger charge is 2.10. The average molecular weight is 237 g/mol. The summed E-state index contributed by atoms with van der Waals surface area (Å²) < 4.78 is 6.63. The van der Waals surface area contributed by atoms with Gasteiger partial charge in [0.2, 0.25) is 0 Å². The number of nitrogens with zero attached hydrogens (tertiary/aromatic N) is 4. The van der Waals surface area contributed by atoms with Gasteiger partial charge in [-0.2, -0.15) is 0 Å². The fourth-order valence-electron chi connectivity index (χ4n) is 1.26. The lowest BCUT2D eigenvalue weighted by atomic mass is 10.3. The summed E-state index contributed by atoms with van der Waals surface area (Å²) >= 11 is 0. The Morgan fingerprint density at radius 3 is 3.00 bits per heavy atom. The maximum absolute atomic E-state index is 10.6. The van der Waals surface area contributed by atoms with Crippen molar-refractivity contribution in [2.75, 3.05) is 0 Å². The monoisotopic (exact) mass is 237 g/mol. The van der Waals surface area contributed by atoms with E-state index in [9.17, 15) is 4.79 Å². The van der Waals surface area contributed by atoms with Crippen LogP contribution >= 0.6 is 0 Å². The largest absolute Gasteiger partial charge is 0.476 e. The number of aromatic nitrogens is 4. The fourth-order valence-corrected chi connectivity index (χ4v) is 1.26. The minimum absolute atomic E-state index is 0.0968. The van der Waals surface area contributed by atoms with Crippen molar-refractivity contribution in [3.05, 3.63) is 29.7 Å². The maximum atomic E-state index is 10.6. The third kappa shape index (κ3) is 2.67. The molecule has 0 spiro atoms. The van der Waals surface area contributed by atoms with E-state index in [2.05, 4.69) is 20.7 Å². The number of carboxylic acid groups (broad SMARTS) is 1. The molecule has 2 rings (SSSR count). The minimum atomic E-state index is -1.10. The zero-order valence-corrected chi connectivity index (χ0v) is 9.12. The molecule has 2 heterocycles. The highest BCUT2D eigenvalue weighted by molar-refractivity contribution is 5.85. The van der Waals surface area contributed by atoms with E-state index in [1.807, 2.05) is 7.05 Å². The van der Waals surface area contributed by atoms with Gasteiger partial charge >= 0.3 is 5.97 Å². The van der Waals surface area contributed by atoms with E-state index in [0.29, 0.717) is 18.8 Å². The van der Waals surface area contributed by atoms with Crippen LogP contribution in [0.2, 0.25) is 0 Å². The van der Waals surface area contributed by atoms with Crippen LogP contribution < -0.4 is 5.32 Å². The van der Waals surface area contributed by atoms with Crippen LogP contribution in [0.4, 0.5) is 0 Å². The van der Waals surface area contributed by atoms with Crippen LogP contribution in [0.3, 0.4) is 0 Å². The van der Waals surface area contributed by atoms with Crippen molar-refractivity contribution in [3.63, 3.8) is 0 Å². The SMILES string of the molecule is Cn1cnnc1CNCc1cc(C(=O)O)no1. The van der Waals surface area contributed by atoms with Crippen molar-refractivity contribution in [1.29, 1.82) is 0 Å². The van der Waals surface area contributed by atoms with E-state index in [1.165, 1.54) is 6.07 Å². The van der Waals surface area contributed by atoms with Crippen LogP contribution in [0.15, 0.2) is 16.9 Å². The van der Waals surface area contributed by atoms with Crippen molar-refractivity contribution >= 4 is 5.97 Å². The van der Waals surface area contributed by atoms with Gasteiger partial charge in [0.05, 0.1) is 13.1 Å². The molecule has 0 aliphatic heterocycles. The van der Waals surface area contributed by atoms with E-state index < -0.39 is 5.97 Å². The molecule has 2 N–H and O–H groups in total. The molecule has 8 heteroatoms. The zero-order valence-electron chi connectivity index (χ0n) is 9.12. The Labute approximate surface area is 96.2 Å². The van der Waals surface area contributed by atoms with E-state index in [0.717, 1.165) is 5.82 Å². The van der Waals surface area contributed by atoms with E-state index >= 15 is 0 Å². The molecule has 2 aromatic heterocycles. The quantitative estimate of drug-likeness (QED) is 0.741. The van der Waals surface area contributed by atoms with E-state index in [-0.39, 0.29) is 5.69 Å². The van der Waals surface area contributed by atoms with Crippen LogP contribution in [-0.2, 0) is 20.1 Å². The van der Waals surface area contributed by atoms with Gasteiger partial charge in [-0.3, -0.25) is 0 Å². The smallest absolute Gasteiger partial charge is 0.358 e. The highest BCUT2D eigenvalue weighted by Crippen LogP contribution is 2.03. The molecule has 0 radical (unpaired) electrons. The number of aromatic carboxylic acids is 1. The lowest BCUT2D eigenvalue weighted by Gasteiger charge is -2.00. The summed E-state index contributed by atoms with van der Waals surface area (Å²) in [5.41, 5.74) is -0.0968. The van der Waals surface area contributed by atoms with Gasteiger partial charge in [0, 0.05) is 13.1 Å². The molecular weight excluding hydrogens is 226 g/mol. The van der Waals surface area contributed by atoms with Crippen LogP contribution in [0.25, 0.3) is 0 Å². The van der Waals surface area contributed by atoms with Crippen molar-refractivity contribution < 1.29 is 14.4 Å². The predicted molar refractivity (Wildman–Crippen MR) is 55.0 cm³/mol. The Bertz CT molecular complexity index is 518. The van der Waals surface area contributed by atoms with Gasteiger partial charge in [0.15, 0.2) is 11.5 Å². The molecule has 0 atom stereocenters. The first kappa shape index (κ1) is 11.3. The molecule has 17 heavy (non-hydrogen) atoms. The molecule has 0 aliphatic carbocycles. The number of hydrogen-bond donors (Lipinski definition) is 2. The van der Waals surface area contributed by atoms with Crippen LogP contribution in [0, 0.1) is 0 Å². The van der Waals surface area contributed by atoms with Gasteiger partial charge in [-0.15, -0.1) is 10.2 Å². The van der Waals surface area contributed by atoms with Crippen LogP contribution in [-0.4, -0.2) is 31.0 Å². The summed E-state index contributed by atoms with van der Waals surface area (Å²) in [6.45, 7) is 0.896. The molecule has 0 saturated carbocycles. The number of nitrogens with one attached hydrogen (secondary N) is 1. The fraction of sp³-hybridized carbons (Fsp3) is 0.333. The number of rotatable bonds is 5. The second-order valence-corrected chi connectivity index (χ2v) is 3.45. The third-order valence-corrected chi connectivity index (χ3v) is 2.17. The van der Waals surface area contributed by atoms with Crippen molar-refractivity contribution in [3.8, 4) is 0 Å². The number of aryl methyl sites for hydroxylation is 1. The van der Waals surface area contributed by atoms with Crippen molar-refractivity contribution in [1.82, 2.24) is 25.2 Å². The summed E-state index contributed by atoms with van der Waals surface area (Å²) in [4.78, 5) is 10.6. The average Bonchev–Trinajstić information content (AvgIpc) is 2.89. The third-order valence-electron chi connectivity index (χ3n) is 2.17. The van der Waals surface area contributed by atoms with Gasteiger partial charge in [-0.25, -0.2) is 4.79 Å². The second kappa shape index (κ2) is 4.74. The second-order valence-electron chi connectivity index (χ2n) is 3.45. The van der Waals surface area contributed by atoms with E-state index in [4.69, 9.17) is 9.63 Å². The topological polar surface area (TPSA) is 106 Å². The summed E-state index contributed by atoms with van der Waals surface area (Å²) in [7, 11) is 1.84. The molecule has 90 valence electrons. The first-order valence-electron chi connectivity index (χ1n) is 4.89. The van der Waals surface area contributed by atoms with Gasteiger partial charge in [-0.05, 0) is 0 Å². The van der Waals surface area contributed by atoms with Crippen LogP contribution in [0.5, 0.6) is 0 Å². The Kier molecular flexibility index (Phi) is 3.15. The molecule has 0 bridgehead atoms. The highest BCUT2D eigenvalue weighted by atomic mass is 16.5. The van der Waals surface area contributed by atoms with Crippen LogP contribution in [0.1, 0.15) is 22.1 Å². The zero-order chi connectivity index (χ0) is 12.3. The summed E-state index contributed by atoms with van der Waals surface area (Å²) in [5.74, 6) is 0.140. The van der Waals surface area contributed by atoms with Gasteiger partial charge in [-0.1, -0.05) is 5.16 Å². The predicted octanol–water partition coefficient (Wildman–Crippen LogP) is -0.209. The summed E-state index contributed by atoms with van der Waals surface area (Å²) in [5, 5.41) is 22.7. The standard InChI is InChI=1S/C9H11N5O3/c1-14-5-11-12-8(14)4-10-3-6-2-7(9(15)16)13-17-6/h2,5,10H,3-4H2,1H3,(H,15,16). The molecule has 0 saturated heterocycles. The van der Waals surface area contributed by atoms with E-state index in [1.54, 1.807) is 10.9 Å². The Morgan fingerprint density at radius 1 is 1.59 bits per heavy atom. The molecule has 8 nitrogen and oxygen atoms in total. The van der Waals surface area contributed by atoms with Gasteiger partial charge < -0.3 is 19.5 Å². The lowest BCUT2D eigenvalue weighted by Crippen LogP contribution is -2.15. The minimum Gasteiger partial charge on any atom is -0.476 e. The number of carbonyl (C=O) groups is 1. The summed E-state index contributed by atoms with van der Waals surface area (Å²) in [6, 6.07) is 1.38. The lowest BCUT2D eigenvalue weighted by molar-refractivity contribution is 0.0685. The molecule has 2 aromatic rings. The summed E-state index contributed by atoms with van der Waals surface area (Å²) in [6.07, 6.45) is 1.61. The molecular formula is C9H11N5O3. The number of hydrogen-bond acceptors (Lipinski definition) is 6. The van der Waals surface area contributed by atoms with Gasteiger partial charge in [0.1, 0.15) is 12.2 Å². The van der Waals surface area contributed by atoms with Crippen molar-refractivity contribution in [2.24, 2.45) is 7.05 Å². The normalized spacial score (nSPS) is 10.6. The van der Waals surface area contributed by atoms with Crippen molar-refractivity contribution in [2.45, 2.75) is 13.1 Å². The molecule has 0 fully saturated rings. The molecule has 0 aliphatic rings. The maximum Gasteiger partial charge on any atom is 0.358 e. The molecule has 0 unspecified atom stereocenters. The first-order chi connectivity index (χ1) is 8.16. The molecule has 0 aromatic carbocycles.